The molecule has 120 valence electrons. The lowest BCUT2D eigenvalue weighted by molar-refractivity contribution is 0.00432. The Labute approximate surface area is 133 Å². The van der Waals surface area contributed by atoms with E-state index >= 15 is 0 Å². The van der Waals surface area contributed by atoms with Gasteiger partial charge in [-0.2, -0.15) is 11.3 Å². The van der Waals surface area contributed by atoms with Crippen LogP contribution in [0.25, 0.3) is 11.3 Å². The van der Waals surface area contributed by atoms with Gasteiger partial charge in [0.05, 0.1) is 30.7 Å². The molecule has 0 aliphatic carbocycles. The van der Waals surface area contributed by atoms with E-state index in [1.165, 1.54) is 0 Å². The number of hydrogen-bond acceptors (Lipinski definition) is 6. The Kier molecular flexibility index (Phi) is 4.57. The molecule has 0 bridgehead atoms. The summed E-state index contributed by atoms with van der Waals surface area (Å²) in [6.45, 7) is 2.98. The standard InChI is InChI=1S/C13H18N4O3S2/c1-2-5-22(18,19)14-6-11-7-17-12(8-20-11)13(15-16-17)10-3-4-21-9-10/h3-4,9,11,14H,2,5-8H2,1H3. The SMILES string of the molecule is CCCS(=O)(=O)NCC1Cn2nnc(-c3ccsc3)c2CO1. The molecule has 0 amide bonds. The Bertz CT molecular complexity index is 725. The van der Waals surface area contributed by atoms with Gasteiger partial charge in [0.15, 0.2) is 0 Å². The molecule has 1 unspecified atom stereocenters. The normalized spacial score (nSPS) is 18.3. The van der Waals surface area contributed by atoms with Gasteiger partial charge in [-0.1, -0.05) is 12.1 Å². The number of hydrogen-bond donors (Lipinski definition) is 1. The third-order valence-corrected chi connectivity index (χ3v) is 5.70. The van der Waals surface area contributed by atoms with Crippen molar-refractivity contribution in [2.45, 2.75) is 32.6 Å². The molecule has 0 fully saturated rings. The van der Waals surface area contributed by atoms with Crippen LogP contribution in [0, 0.1) is 0 Å². The fourth-order valence-electron chi connectivity index (χ4n) is 2.37. The van der Waals surface area contributed by atoms with E-state index in [1.807, 2.05) is 23.8 Å². The Morgan fingerprint density at radius 3 is 3.14 bits per heavy atom. The third-order valence-electron chi connectivity index (χ3n) is 3.47. The van der Waals surface area contributed by atoms with Crippen LogP contribution >= 0.6 is 11.3 Å². The zero-order valence-corrected chi connectivity index (χ0v) is 13.9. The van der Waals surface area contributed by atoms with Crippen LogP contribution in [0.3, 0.4) is 0 Å². The highest BCUT2D eigenvalue weighted by Gasteiger charge is 2.25. The van der Waals surface area contributed by atoms with Gasteiger partial charge in [0.25, 0.3) is 0 Å². The first kappa shape index (κ1) is 15.6. The highest BCUT2D eigenvalue weighted by molar-refractivity contribution is 7.89. The molecular formula is C13H18N4O3S2. The molecule has 3 heterocycles. The number of fused-ring (bicyclic) bond motifs is 1. The van der Waals surface area contributed by atoms with Gasteiger partial charge in [0.1, 0.15) is 5.69 Å². The van der Waals surface area contributed by atoms with Crippen molar-refractivity contribution in [3.8, 4) is 11.3 Å². The molecule has 1 atom stereocenters. The van der Waals surface area contributed by atoms with E-state index in [0.717, 1.165) is 17.0 Å². The quantitative estimate of drug-likeness (QED) is 0.853. The first-order valence-electron chi connectivity index (χ1n) is 7.13. The van der Waals surface area contributed by atoms with E-state index in [2.05, 4.69) is 15.0 Å². The second kappa shape index (κ2) is 6.45. The molecule has 3 rings (SSSR count). The summed E-state index contributed by atoms with van der Waals surface area (Å²) in [4.78, 5) is 0. The van der Waals surface area contributed by atoms with Crippen molar-refractivity contribution in [1.82, 2.24) is 19.7 Å². The maximum absolute atomic E-state index is 11.7. The Balaban J connectivity index is 1.66. The lowest BCUT2D eigenvalue weighted by atomic mass is 10.2. The minimum absolute atomic E-state index is 0.136. The zero-order chi connectivity index (χ0) is 15.6. The number of sulfonamides is 1. The summed E-state index contributed by atoms with van der Waals surface area (Å²) in [5.41, 5.74) is 2.81. The van der Waals surface area contributed by atoms with E-state index in [1.54, 1.807) is 16.0 Å². The fraction of sp³-hybridized carbons (Fsp3) is 0.538. The first-order valence-corrected chi connectivity index (χ1v) is 9.72. The van der Waals surface area contributed by atoms with Crippen LogP contribution in [0.4, 0.5) is 0 Å². The minimum Gasteiger partial charge on any atom is -0.369 e. The molecule has 2 aromatic heterocycles. The van der Waals surface area contributed by atoms with Crippen molar-refractivity contribution in [2.24, 2.45) is 0 Å². The summed E-state index contributed by atoms with van der Waals surface area (Å²) in [5, 5.41) is 12.4. The van der Waals surface area contributed by atoms with Gasteiger partial charge in [-0.15, -0.1) is 5.10 Å². The number of nitrogens with zero attached hydrogens (tertiary/aromatic N) is 3. The lowest BCUT2D eigenvalue weighted by Gasteiger charge is -2.24. The van der Waals surface area contributed by atoms with Crippen LogP contribution < -0.4 is 4.72 Å². The number of ether oxygens (including phenoxy) is 1. The van der Waals surface area contributed by atoms with Gasteiger partial charge in [-0.3, -0.25) is 0 Å². The largest absolute Gasteiger partial charge is 0.369 e. The van der Waals surface area contributed by atoms with Crippen molar-refractivity contribution in [3.05, 3.63) is 22.5 Å². The van der Waals surface area contributed by atoms with E-state index in [4.69, 9.17) is 4.74 Å². The average molecular weight is 342 g/mol. The highest BCUT2D eigenvalue weighted by Crippen LogP contribution is 2.26. The van der Waals surface area contributed by atoms with Gasteiger partial charge in [0, 0.05) is 17.5 Å². The van der Waals surface area contributed by atoms with Crippen molar-refractivity contribution in [1.29, 1.82) is 0 Å². The second-order valence-corrected chi connectivity index (χ2v) is 7.89. The molecule has 0 saturated carbocycles. The van der Waals surface area contributed by atoms with Crippen LogP contribution in [0.15, 0.2) is 16.8 Å². The van der Waals surface area contributed by atoms with Crippen LogP contribution in [0.1, 0.15) is 19.0 Å². The number of rotatable bonds is 6. The molecule has 1 aliphatic rings. The number of nitrogens with one attached hydrogen (secondary N) is 1. The number of thiophene rings is 1. The molecule has 7 nitrogen and oxygen atoms in total. The van der Waals surface area contributed by atoms with E-state index in [-0.39, 0.29) is 18.4 Å². The fourth-order valence-corrected chi connectivity index (χ4v) is 4.13. The van der Waals surface area contributed by atoms with Crippen LogP contribution in [0.5, 0.6) is 0 Å². The van der Waals surface area contributed by atoms with Crippen molar-refractivity contribution >= 4 is 21.4 Å². The molecule has 0 saturated heterocycles. The molecule has 9 heteroatoms. The predicted molar refractivity (Wildman–Crippen MR) is 84.0 cm³/mol. The molecule has 1 N–H and O–H groups in total. The lowest BCUT2D eigenvalue weighted by Crippen LogP contribution is -2.39. The monoisotopic (exact) mass is 342 g/mol. The van der Waals surface area contributed by atoms with Crippen molar-refractivity contribution in [2.75, 3.05) is 12.3 Å². The second-order valence-electron chi connectivity index (χ2n) is 5.18. The molecule has 1 aliphatic heterocycles. The van der Waals surface area contributed by atoms with Crippen molar-refractivity contribution < 1.29 is 13.2 Å². The van der Waals surface area contributed by atoms with Crippen LogP contribution in [0.2, 0.25) is 0 Å². The third kappa shape index (κ3) is 3.37. The minimum atomic E-state index is -3.21. The van der Waals surface area contributed by atoms with Gasteiger partial charge in [0.2, 0.25) is 10.0 Å². The summed E-state index contributed by atoms with van der Waals surface area (Å²) < 4.78 is 33.5. The van der Waals surface area contributed by atoms with Crippen molar-refractivity contribution in [3.63, 3.8) is 0 Å². The first-order chi connectivity index (χ1) is 10.6. The van der Waals surface area contributed by atoms with Crippen LogP contribution in [-0.2, 0) is 27.9 Å². The van der Waals surface area contributed by atoms with E-state index in [0.29, 0.717) is 19.6 Å². The maximum atomic E-state index is 11.7. The Morgan fingerprint density at radius 1 is 1.55 bits per heavy atom. The summed E-state index contributed by atoms with van der Waals surface area (Å²) in [5.74, 6) is 0.136. The van der Waals surface area contributed by atoms with E-state index in [9.17, 15) is 8.42 Å². The Hall–Kier alpha value is -1.29. The summed E-state index contributed by atoms with van der Waals surface area (Å²) in [6, 6.07) is 2.00. The Morgan fingerprint density at radius 2 is 2.41 bits per heavy atom. The van der Waals surface area contributed by atoms with Gasteiger partial charge in [-0.05, 0) is 17.9 Å². The van der Waals surface area contributed by atoms with Gasteiger partial charge < -0.3 is 4.74 Å². The molecule has 22 heavy (non-hydrogen) atoms. The molecule has 2 aromatic rings. The average Bonchev–Trinajstić information content (AvgIpc) is 3.13. The molecule has 0 radical (unpaired) electrons. The van der Waals surface area contributed by atoms with E-state index < -0.39 is 10.0 Å². The summed E-state index contributed by atoms with van der Waals surface area (Å²) in [7, 11) is -3.21. The number of aromatic nitrogens is 3. The van der Waals surface area contributed by atoms with Gasteiger partial charge in [-0.25, -0.2) is 17.8 Å². The molecular weight excluding hydrogens is 324 g/mol. The van der Waals surface area contributed by atoms with Crippen LogP contribution in [-0.4, -0.2) is 41.8 Å². The highest BCUT2D eigenvalue weighted by atomic mass is 32.2. The molecule has 0 aromatic carbocycles. The topological polar surface area (TPSA) is 86.1 Å². The summed E-state index contributed by atoms with van der Waals surface area (Å²) >= 11 is 1.61. The smallest absolute Gasteiger partial charge is 0.211 e. The van der Waals surface area contributed by atoms with Gasteiger partial charge >= 0.3 is 0 Å². The predicted octanol–water partition coefficient (Wildman–Crippen LogP) is 1.23. The maximum Gasteiger partial charge on any atom is 0.211 e. The zero-order valence-electron chi connectivity index (χ0n) is 12.2. The molecule has 0 spiro atoms. The summed E-state index contributed by atoms with van der Waals surface area (Å²) in [6.07, 6.45) is 0.370.